The number of ether oxygens (including phenoxy) is 1. The highest BCUT2D eigenvalue weighted by Crippen LogP contribution is 2.12. The van der Waals surface area contributed by atoms with Crippen molar-refractivity contribution >= 4 is 5.91 Å². The van der Waals surface area contributed by atoms with Gasteiger partial charge in [-0.2, -0.15) is 0 Å². The smallest absolute Gasteiger partial charge is 0.272 e. The number of aromatic nitrogens is 1. The monoisotopic (exact) mass is 260 g/mol. The van der Waals surface area contributed by atoms with Gasteiger partial charge in [-0.1, -0.05) is 0 Å². The van der Waals surface area contributed by atoms with E-state index >= 15 is 0 Å². The summed E-state index contributed by atoms with van der Waals surface area (Å²) in [7, 11) is 0. The molecule has 0 fully saturated rings. The Morgan fingerprint density at radius 3 is 2.94 bits per heavy atom. The Morgan fingerprint density at radius 1 is 1.61 bits per heavy atom. The first kappa shape index (κ1) is 14.3. The van der Waals surface area contributed by atoms with Gasteiger partial charge in [0.1, 0.15) is 18.1 Å². The number of rotatable bonds is 6. The lowest BCUT2D eigenvalue weighted by Crippen LogP contribution is -2.31. The van der Waals surface area contributed by atoms with Crippen molar-refractivity contribution in [2.45, 2.75) is 19.5 Å². The fraction of sp³-hybridized carbons (Fsp3) is 0.455. The van der Waals surface area contributed by atoms with Crippen molar-refractivity contribution in [3.05, 3.63) is 24.0 Å². The Hall–Kier alpha value is -1.76. The number of hydrogen-bond acceptors (Lipinski definition) is 4. The van der Waals surface area contributed by atoms with E-state index in [0.29, 0.717) is 0 Å². The summed E-state index contributed by atoms with van der Waals surface area (Å²) in [6.07, 6.45) is -1.96. The van der Waals surface area contributed by atoms with E-state index in [1.54, 1.807) is 0 Å². The van der Waals surface area contributed by atoms with Gasteiger partial charge in [0.05, 0.1) is 6.10 Å². The molecule has 100 valence electrons. The van der Waals surface area contributed by atoms with Crippen LogP contribution in [0.15, 0.2) is 18.3 Å². The highest BCUT2D eigenvalue weighted by molar-refractivity contribution is 5.92. The molecule has 0 aromatic carbocycles. The van der Waals surface area contributed by atoms with Crippen molar-refractivity contribution in [1.29, 1.82) is 0 Å². The molecule has 1 heterocycles. The molecule has 1 rings (SSSR count). The number of aliphatic hydroxyl groups excluding tert-OH is 1. The van der Waals surface area contributed by atoms with Crippen molar-refractivity contribution in [2.24, 2.45) is 0 Å². The number of nitrogens with zero attached hydrogens (tertiary/aromatic N) is 1. The quantitative estimate of drug-likeness (QED) is 0.795. The first-order valence-electron chi connectivity index (χ1n) is 5.32. The first-order valence-corrected chi connectivity index (χ1v) is 5.32. The minimum absolute atomic E-state index is 0.0439. The maximum Gasteiger partial charge on any atom is 0.272 e. The van der Waals surface area contributed by atoms with Gasteiger partial charge in [-0.05, 0) is 13.0 Å². The molecular formula is C11H14F2N2O3. The molecule has 0 aliphatic carbocycles. The predicted molar refractivity (Wildman–Crippen MR) is 59.8 cm³/mol. The van der Waals surface area contributed by atoms with Crippen LogP contribution in [0.1, 0.15) is 17.4 Å². The van der Waals surface area contributed by atoms with Gasteiger partial charge in [0.25, 0.3) is 12.3 Å². The van der Waals surface area contributed by atoms with Gasteiger partial charge in [0, 0.05) is 18.8 Å². The third-order valence-electron chi connectivity index (χ3n) is 1.90. The summed E-state index contributed by atoms with van der Waals surface area (Å²) in [5, 5.41) is 11.4. The number of nitrogens with one attached hydrogen (secondary N) is 1. The van der Waals surface area contributed by atoms with Crippen LogP contribution in [0.3, 0.4) is 0 Å². The van der Waals surface area contributed by atoms with Gasteiger partial charge in [0.15, 0.2) is 0 Å². The summed E-state index contributed by atoms with van der Waals surface area (Å²) in [4.78, 5) is 15.3. The first-order chi connectivity index (χ1) is 8.49. The zero-order valence-electron chi connectivity index (χ0n) is 9.77. The minimum atomic E-state index is -2.58. The lowest BCUT2D eigenvalue weighted by molar-refractivity contribution is 0.0816. The molecule has 1 atom stereocenters. The van der Waals surface area contributed by atoms with E-state index in [1.165, 1.54) is 25.3 Å². The summed E-state index contributed by atoms with van der Waals surface area (Å²) in [5.74, 6) is -0.356. The fourth-order valence-corrected chi connectivity index (χ4v) is 1.12. The molecule has 0 saturated heterocycles. The van der Waals surface area contributed by atoms with Crippen molar-refractivity contribution in [1.82, 2.24) is 10.3 Å². The molecule has 5 nitrogen and oxygen atoms in total. The van der Waals surface area contributed by atoms with Gasteiger partial charge in [-0.3, -0.25) is 9.78 Å². The normalized spacial score (nSPS) is 12.3. The van der Waals surface area contributed by atoms with E-state index in [4.69, 9.17) is 9.84 Å². The summed E-state index contributed by atoms with van der Waals surface area (Å²) < 4.78 is 28.6. The Kier molecular flexibility index (Phi) is 5.44. The van der Waals surface area contributed by atoms with Crippen LogP contribution in [-0.4, -0.2) is 41.7 Å². The molecule has 0 spiro atoms. The summed E-state index contributed by atoms with van der Waals surface area (Å²) in [5.41, 5.74) is 0.0439. The van der Waals surface area contributed by atoms with Crippen molar-refractivity contribution < 1.29 is 23.4 Å². The third-order valence-corrected chi connectivity index (χ3v) is 1.90. The molecule has 1 unspecified atom stereocenters. The molecule has 0 radical (unpaired) electrons. The lowest BCUT2D eigenvalue weighted by atomic mass is 10.3. The Labute approximate surface area is 103 Å². The van der Waals surface area contributed by atoms with Crippen molar-refractivity contribution in [3.63, 3.8) is 0 Å². The van der Waals surface area contributed by atoms with E-state index in [-0.39, 0.29) is 18.0 Å². The summed E-state index contributed by atoms with van der Waals surface area (Å²) >= 11 is 0. The third kappa shape index (κ3) is 5.05. The number of amides is 1. The van der Waals surface area contributed by atoms with E-state index in [1.807, 2.05) is 0 Å². The highest BCUT2D eigenvalue weighted by atomic mass is 19.3. The number of pyridine rings is 1. The van der Waals surface area contributed by atoms with Gasteiger partial charge in [-0.25, -0.2) is 8.78 Å². The summed E-state index contributed by atoms with van der Waals surface area (Å²) in [6.45, 7) is 0.872. The average Bonchev–Trinajstić information content (AvgIpc) is 2.33. The second-order valence-corrected chi connectivity index (χ2v) is 3.64. The van der Waals surface area contributed by atoms with Crippen LogP contribution >= 0.6 is 0 Å². The summed E-state index contributed by atoms with van der Waals surface area (Å²) in [6, 6.07) is 2.65. The van der Waals surface area contributed by atoms with Crippen LogP contribution in [-0.2, 0) is 0 Å². The standard InChI is InChI=1S/C11H14F2N2O3/c1-7(16)5-15-11(17)9-4-8(2-3-14-9)18-6-10(12)13/h2-4,7,10,16H,5-6H2,1H3,(H,15,17). The maximum atomic E-state index is 11.9. The zero-order valence-corrected chi connectivity index (χ0v) is 9.77. The van der Waals surface area contributed by atoms with Crippen LogP contribution in [0.25, 0.3) is 0 Å². The van der Waals surface area contributed by atoms with E-state index in [9.17, 15) is 13.6 Å². The zero-order chi connectivity index (χ0) is 13.5. The second kappa shape index (κ2) is 6.85. The lowest BCUT2D eigenvalue weighted by Gasteiger charge is -2.08. The van der Waals surface area contributed by atoms with Crippen LogP contribution in [0.2, 0.25) is 0 Å². The molecule has 18 heavy (non-hydrogen) atoms. The topological polar surface area (TPSA) is 71.5 Å². The van der Waals surface area contributed by atoms with Crippen LogP contribution in [0, 0.1) is 0 Å². The second-order valence-electron chi connectivity index (χ2n) is 3.64. The minimum Gasteiger partial charge on any atom is -0.488 e. The number of halogens is 2. The molecule has 2 N–H and O–H groups in total. The SMILES string of the molecule is CC(O)CNC(=O)c1cc(OCC(F)F)ccn1. The number of hydrogen-bond donors (Lipinski definition) is 2. The number of alkyl halides is 2. The van der Waals surface area contributed by atoms with Gasteiger partial charge in [0.2, 0.25) is 0 Å². The molecule has 0 saturated carbocycles. The van der Waals surface area contributed by atoms with E-state index < -0.39 is 25.0 Å². The predicted octanol–water partition coefficient (Wildman–Crippen LogP) is 0.836. The maximum absolute atomic E-state index is 11.9. The average molecular weight is 260 g/mol. The number of carbonyl (C=O) groups is 1. The molecule has 0 bridgehead atoms. The Balaban J connectivity index is 2.60. The number of carbonyl (C=O) groups excluding carboxylic acids is 1. The van der Waals surface area contributed by atoms with E-state index in [0.717, 1.165) is 0 Å². The fourth-order valence-electron chi connectivity index (χ4n) is 1.12. The van der Waals surface area contributed by atoms with Gasteiger partial charge < -0.3 is 15.2 Å². The molecule has 1 amide bonds. The number of aliphatic hydroxyl groups is 1. The molecule has 1 aromatic rings. The molecule has 0 aliphatic heterocycles. The van der Waals surface area contributed by atoms with Crippen molar-refractivity contribution in [2.75, 3.05) is 13.2 Å². The van der Waals surface area contributed by atoms with Crippen molar-refractivity contribution in [3.8, 4) is 5.75 Å². The van der Waals surface area contributed by atoms with Crippen LogP contribution in [0.5, 0.6) is 5.75 Å². The largest absolute Gasteiger partial charge is 0.488 e. The van der Waals surface area contributed by atoms with Gasteiger partial charge in [-0.15, -0.1) is 0 Å². The van der Waals surface area contributed by atoms with Crippen LogP contribution in [0.4, 0.5) is 8.78 Å². The van der Waals surface area contributed by atoms with E-state index in [2.05, 4.69) is 10.3 Å². The molecular weight excluding hydrogens is 246 g/mol. The van der Waals surface area contributed by atoms with Crippen LogP contribution < -0.4 is 10.1 Å². The Bertz CT molecular complexity index is 400. The van der Waals surface area contributed by atoms with Gasteiger partial charge >= 0.3 is 0 Å². The molecule has 7 heteroatoms. The molecule has 1 aromatic heterocycles. The molecule has 0 aliphatic rings. The Morgan fingerprint density at radius 2 is 2.33 bits per heavy atom. The highest BCUT2D eigenvalue weighted by Gasteiger charge is 2.10.